The second-order valence-corrected chi connectivity index (χ2v) is 69.4. The second-order valence-electron chi connectivity index (χ2n) is 36.5. The molecule has 0 aliphatic heterocycles. The summed E-state index contributed by atoms with van der Waals surface area (Å²) < 4.78 is 74.0. The quantitative estimate of drug-likeness (QED) is 0.0110. The summed E-state index contributed by atoms with van der Waals surface area (Å²) in [5.74, 6) is -3.26. The molecule has 0 saturated heterocycles. The zero-order chi connectivity index (χ0) is 95.1. The molecule has 0 bridgehead atoms. The van der Waals surface area contributed by atoms with E-state index in [4.69, 9.17) is 29.5 Å². The van der Waals surface area contributed by atoms with Gasteiger partial charge in [0.25, 0.3) is 0 Å². The van der Waals surface area contributed by atoms with Gasteiger partial charge in [-0.05, 0) is 96.5 Å². The van der Waals surface area contributed by atoms with Crippen LogP contribution in [0.15, 0.2) is 0 Å². The number of rotatable bonds is 91. The molecule has 0 rings (SSSR count). The first-order valence-electron chi connectivity index (χ1n) is 52.0. The van der Waals surface area contributed by atoms with Crippen LogP contribution in [0.25, 0.3) is 0 Å². The molecule has 0 aromatic heterocycles. The first kappa shape index (κ1) is 116. The molecule has 24 heteroatoms. The summed E-state index contributed by atoms with van der Waals surface area (Å²) in [6.45, 7) is 15.7. The zero-order valence-corrected chi connectivity index (χ0v) is 89.3. The molecular weight excluding hydrogens is 1700 g/mol. The Balaban J connectivity index is 0. The largest absolute Gasteiger partial charge is 0.462 e. The lowest BCUT2D eigenvalue weighted by atomic mass is 10.0. The van der Waals surface area contributed by atoms with Crippen LogP contribution in [0.1, 0.15) is 471 Å². The summed E-state index contributed by atoms with van der Waals surface area (Å²) in [4.78, 5) is 110. The summed E-state index contributed by atoms with van der Waals surface area (Å²) in [6.07, 6.45) is 83.3. The van der Waals surface area contributed by atoms with E-state index in [0.717, 1.165) is 77.0 Å². The lowest BCUT2D eigenvalue weighted by molar-refractivity contribution is -0.167. The maximum Gasteiger partial charge on any atom is 0.306 e. The molecule has 736 valence electrons. The van der Waals surface area contributed by atoms with Gasteiger partial charge < -0.3 is 42.8 Å². The van der Waals surface area contributed by atoms with Crippen molar-refractivity contribution < 1.29 is 71.7 Å². The summed E-state index contributed by atoms with van der Waals surface area (Å²) in [5.41, 5.74) is 1.65. The van der Waals surface area contributed by atoms with E-state index in [1.807, 2.05) is 25.4 Å². The number of ketones is 1. The number of amides is 1. The highest BCUT2D eigenvalue weighted by molar-refractivity contribution is 9.09. The fourth-order valence-corrected chi connectivity index (χ4v) is 54.8. The summed E-state index contributed by atoms with van der Waals surface area (Å²) >= 11 is 0. The lowest BCUT2D eigenvalue weighted by Crippen LogP contribution is -2.35. The molecule has 0 radical (unpaired) electrons. The molecule has 0 aliphatic carbocycles. The maximum absolute atomic E-state index is 13.6. The first-order chi connectivity index (χ1) is 60.4. The number of hydrogen-bond acceptors (Lipinski definition) is 15. The van der Waals surface area contributed by atoms with Crippen LogP contribution < -0.4 is 4.72 Å². The van der Waals surface area contributed by atoms with Crippen molar-refractivity contribution in [1.29, 1.82) is 4.50 Å². The van der Waals surface area contributed by atoms with E-state index in [-0.39, 0.29) is 97.5 Å². The van der Waals surface area contributed by atoms with Crippen molar-refractivity contribution in [2.75, 3.05) is 100 Å². The summed E-state index contributed by atoms with van der Waals surface area (Å²) in [6, 6.07) is 0. The van der Waals surface area contributed by atoms with E-state index >= 15 is 0 Å². The highest BCUT2D eigenvalue weighted by Crippen LogP contribution is 2.91. The molecule has 0 saturated carbocycles. The average Bonchev–Trinajstić information content (AvgIpc) is 0.703. The van der Waals surface area contributed by atoms with E-state index in [2.05, 4.69) is 45.7 Å². The van der Waals surface area contributed by atoms with Crippen molar-refractivity contribution in [2.45, 2.75) is 483 Å². The average molecular weight is 1910 g/mol. The van der Waals surface area contributed by atoms with Gasteiger partial charge in [0, 0.05) is 63.8 Å². The van der Waals surface area contributed by atoms with Gasteiger partial charge >= 0.3 is 35.8 Å². The fraction of sp³-hybridized carbons (Fsp3) is 0.919. The number of nitrogens with one attached hydrogen (secondary N) is 1. The van der Waals surface area contributed by atoms with Gasteiger partial charge in [-0.1, -0.05) is 402 Å². The van der Waals surface area contributed by atoms with Crippen molar-refractivity contribution >= 4 is 117 Å². The molecule has 123 heavy (non-hydrogen) atoms. The van der Waals surface area contributed by atoms with E-state index in [1.165, 1.54) is 309 Å². The van der Waals surface area contributed by atoms with E-state index in [1.54, 1.807) is 18.8 Å². The maximum atomic E-state index is 13.6. The number of thiol groups is 4. The number of hydrogen-bond donors (Lipinski definition) is 6. The lowest BCUT2D eigenvalue weighted by Gasteiger charge is -2.60. The Morgan fingerprint density at radius 1 is 0.325 bits per heavy atom. The van der Waals surface area contributed by atoms with Gasteiger partial charge in [-0.25, -0.2) is 40.1 Å². The number of esters is 6. The molecule has 0 heterocycles. The van der Waals surface area contributed by atoms with E-state index in [9.17, 15) is 46.6 Å². The van der Waals surface area contributed by atoms with Crippen molar-refractivity contribution in [1.82, 2.24) is 4.72 Å². The standard InChI is InChI=1S/C55H119NO8P4S4.C44H82O7/c1-12-14-16-18-20-22-24-26-28-30-32-34-36-38-40-42-53(58)62-46-51(64-55(60)43-41-39-37-35-33-31-29-27-25-23-21-19-17-15-13-2)47-63-54(59)45-44-52(57)56-72(9,10,11)68(5)71(8)50-67(4)70(7)49-66(3)69(6)48-65-61;1-4-6-8-10-12-14-16-18-20-22-24-26-28-30-32-34-42(46)49-38-41(39-50-43(47)37-36-40(3)45)51-44(48)35-33-31-29-27-25-23-21-19-17-15-13-11-9-7-5-2/h51,61,65,69-72H,12-50H2,1-11H3,(H,56,57);41H,4-39H2,1-3H3/t51-,66?,67?,68?;41-/m11/s1/i69T,70T,71T,72T;. The first-order valence-corrected chi connectivity index (χ1v) is 68.3. The molecule has 0 aromatic rings. The minimum Gasteiger partial charge on any atom is -0.462 e. The molecule has 9 atom stereocenters. The van der Waals surface area contributed by atoms with Gasteiger partial charge in [-0.3, -0.25) is 33.6 Å². The van der Waals surface area contributed by atoms with Crippen molar-refractivity contribution in [3.8, 4) is 0 Å². The summed E-state index contributed by atoms with van der Waals surface area (Å²) in [7, 11) is -11.9. The highest BCUT2D eigenvalue weighted by Gasteiger charge is 2.36. The zero-order valence-electron chi connectivity index (χ0n) is 86.3. The normalized spacial score (nSPS) is 16.3. The third-order valence-corrected chi connectivity index (χ3v) is 64.0. The van der Waals surface area contributed by atoms with Gasteiger partial charge in [-0.2, -0.15) is 0 Å². The molecule has 7 unspecified atom stereocenters. The third kappa shape index (κ3) is 85.0. The number of carbonyl (C=O) groups excluding carboxylic acids is 8. The van der Waals surface area contributed by atoms with Gasteiger partial charge in [0.05, 0.1) is 17.3 Å². The Labute approximate surface area is 776 Å². The molecule has 0 aromatic carbocycles. The molecule has 0 aliphatic rings. The number of ether oxygens (including phenoxy) is 6. The van der Waals surface area contributed by atoms with Gasteiger partial charge in [0.1, 0.15) is 32.2 Å². The Morgan fingerprint density at radius 3 is 0.780 bits per heavy atom. The van der Waals surface area contributed by atoms with Crippen LogP contribution >= 0.6 is 69.5 Å². The van der Waals surface area contributed by atoms with Gasteiger partial charge in [-0.15, -0.1) is 0 Å². The predicted molar refractivity (Wildman–Crippen MR) is 554 cm³/mol. The molecule has 16 nitrogen and oxygen atoms in total. The topological polar surface area (TPSA) is 224 Å². The number of Topliss-reactive ketones (excluding diaryl/α,β-unsaturated/α-hetero) is 1. The van der Waals surface area contributed by atoms with Gasteiger partial charge in [0.2, 0.25) is 5.91 Å². The smallest absolute Gasteiger partial charge is 0.306 e. The van der Waals surface area contributed by atoms with Crippen LogP contribution in [0.2, 0.25) is 0 Å². The molecule has 0 spiro atoms. The van der Waals surface area contributed by atoms with Crippen LogP contribution in [-0.4, -0.2) is 170 Å². The second kappa shape index (κ2) is 88.9. The molecule has 0 fully saturated rings. The Bertz CT molecular complexity index is 2750. The summed E-state index contributed by atoms with van der Waals surface area (Å²) in [5, 5.41) is 0. The monoisotopic (exact) mass is 1900 g/mol. The number of unbranched alkanes of at least 4 members (excludes halogenated alkanes) is 56. The Morgan fingerprint density at radius 2 is 0.537 bits per heavy atom. The van der Waals surface area contributed by atoms with Crippen molar-refractivity contribution in [2.24, 2.45) is 0 Å². The number of carbonyl (C=O) groups is 8. The Kier molecular flexibility index (Phi) is 84.0. The predicted octanol–water partition coefficient (Wildman–Crippen LogP) is 30.5. The highest BCUT2D eigenvalue weighted by atomic mass is 33.2. The Hall–Kier alpha value is -0.960. The van der Waals surface area contributed by atoms with Crippen molar-refractivity contribution in [3.63, 3.8) is 0 Å². The molecular formula is C99H201NO15P4S4. The van der Waals surface area contributed by atoms with E-state index in [0.29, 0.717) is 35.7 Å². The van der Waals surface area contributed by atoms with Gasteiger partial charge in [0.15, 0.2) is 12.2 Å². The SMILES string of the molecule is CCCCCCCCCCCCCCCCCC(=O)OC[C@H](COC(=O)CCC(C)=O)OC(=O)CCCCCCCCCCCCCCCCC.[3H]S(C)(CPO)P(C)CS([3H])(C)P(C)CS([3H])(C)P(C)S([3H])(C)(C)(C)NC(=O)CCC(=O)OC[C@@H](COC(=O)CCCCCCCCCCCCCCCCC)OC(=O)CCCCCCCCCCCCCCCCC. The van der Waals surface area contributed by atoms with Crippen LogP contribution in [-0.2, 0) is 66.8 Å². The van der Waals surface area contributed by atoms with E-state index < -0.39 is 96.7 Å². The fourth-order valence-electron chi connectivity index (χ4n) is 14.9. The van der Waals surface area contributed by atoms with Crippen LogP contribution in [0.4, 0.5) is 0 Å². The minimum atomic E-state index is -4.16. The minimum absolute atomic E-state index is 0.0197. The van der Waals surface area contributed by atoms with Crippen LogP contribution in [0.3, 0.4) is 0 Å². The third-order valence-electron chi connectivity index (χ3n) is 23.4. The van der Waals surface area contributed by atoms with Crippen LogP contribution in [0.5, 0.6) is 0 Å². The molecule has 1 amide bonds. The van der Waals surface area contributed by atoms with Crippen LogP contribution in [0, 0.1) is 0 Å². The molecule has 2 N–H and O–H groups in total. The van der Waals surface area contributed by atoms with Crippen molar-refractivity contribution in [3.05, 3.63) is 0 Å².